The zero-order valence-corrected chi connectivity index (χ0v) is 64.9. The summed E-state index contributed by atoms with van der Waals surface area (Å²) in [6, 6.07) is -13.6. The monoisotopic (exact) mass is 1490 g/mol. The fraction of sp³-hybridized carbons (Fsp3) is 0.822. The lowest BCUT2D eigenvalue weighted by Crippen LogP contribution is -2.61. The summed E-state index contributed by atoms with van der Waals surface area (Å²) in [6.45, 7) is 18.4. The lowest BCUT2D eigenvalue weighted by atomic mass is 9.98. The molecule has 11 atom stereocenters. The topological polar surface area (TPSA) is 557 Å². The van der Waals surface area contributed by atoms with E-state index >= 15 is 0 Å². The Labute approximate surface area is 624 Å². The summed E-state index contributed by atoms with van der Waals surface area (Å²) in [5, 5.41) is 40.0. The molecule has 0 radical (unpaired) electrons. The molecule has 32 nitrogen and oxygen atoms in total. The third-order valence-corrected chi connectivity index (χ3v) is 17.7. The van der Waals surface area contributed by atoms with Crippen molar-refractivity contribution in [1.29, 1.82) is 0 Å². The molecule has 26 N–H and O–H groups in total. The molecule has 0 aliphatic rings. The molecule has 105 heavy (non-hydrogen) atoms. The maximum atomic E-state index is 14.7. The minimum Gasteiger partial charge on any atom is -0.481 e. The van der Waals surface area contributed by atoms with Gasteiger partial charge in [-0.05, 0) is 217 Å². The molecule has 0 aromatic heterocycles. The number of aliphatic carboxylic acids is 1. The molecule has 0 unspecified atom stereocenters. The molecule has 0 saturated carbocycles. The molecule has 0 heterocycles. The van der Waals surface area contributed by atoms with Gasteiger partial charge in [0.2, 0.25) is 70.9 Å². The summed E-state index contributed by atoms with van der Waals surface area (Å²) in [7, 11) is 0. The maximum absolute atomic E-state index is 14.7. The number of carbonyl (C=O) groups excluding carboxylic acids is 12. The van der Waals surface area contributed by atoms with Crippen LogP contribution in [0.5, 0.6) is 0 Å². The molecule has 0 aromatic carbocycles. The zero-order valence-electron chi connectivity index (χ0n) is 64.9. The predicted molar refractivity (Wildman–Crippen MR) is 406 cm³/mol. The Balaban J connectivity index is 7.22. The van der Waals surface area contributed by atoms with Gasteiger partial charge in [0.1, 0.15) is 66.5 Å². The summed E-state index contributed by atoms with van der Waals surface area (Å²) in [5.41, 5.74) is 40.7. The minimum absolute atomic E-state index is 0.00280. The fourth-order valence-electron chi connectivity index (χ4n) is 11.8. The van der Waals surface area contributed by atoms with Gasteiger partial charge in [-0.3, -0.25) is 62.3 Å². The van der Waals surface area contributed by atoms with Crippen LogP contribution in [0.3, 0.4) is 0 Å². The first-order valence-corrected chi connectivity index (χ1v) is 38.9. The van der Waals surface area contributed by atoms with Crippen LogP contribution in [0, 0.1) is 23.7 Å². The van der Waals surface area contributed by atoms with Crippen LogP contribution < -0.4 is 98.6 Å². The van der Waals surface area contributed by atoms with Crippen molar-refractivity contribution in [3.63, 3.8) is 0 Å². The number of primary amides is 1. The van der Waals surface area contributed by atoms with Gasteiger partial charge in [-0.1, -0.05) is 88.0 Å². The third kappa shape index (κ3) is 45.2. The molecule has 0 spiro atoms. The van der Waals surface area contributed by atoms with E-state index in [9.17, 15) is 67.4 Å². The van der Waals surface area contributed by atoms with E-state index < -0.39 is 150 Å². The highest BCUT2D eigenvalue weighted by atomic mass is 16.4. The predicted octanol–water partition coefficient (Wildman–Crippen LogP) is 0.988. The van der Waals surface area contributed by atoms with Gasteiger partial charge in [-0.15, -0.1) is 0 Å². The second kappa shape index (κ2) is 58.0. The molecule has 0 bridgehead atoms. The molecular formula is C73H140N18O14. The summed E-state index contributed by atoms with van der Waals surface area (Å²) < 4.78 is 0. The van der Waals surface area contributed by atoms with Crippen molar-refractivity contribution in [1.82, 2.24) is 58.5 Å². The standard InChI is InChI=1S/C73H140N18O14/c1-10-11-12-13-14-33-61(92)81-56(34-35-62(93)94)70(102)85-50(27-15-21-36-74)64(96)83-55(32-20-26-41-79)69(101)90-60(45-49(8)9)73(105)91-59(44-48(6)7)72(104)87-52(29-17-23-38-76)66(98)84-54(31-19-25-40-78)68(100)89-58(43-47(4)5)71(103)86-51(28-16-22-37-75)65(97)82-53(30-18-24-39-77)67(99)88-57(63(80)95)42-46(2)3/h46-60H,10-45,74-79H2,1-9H3,(H2,80,95)(H,81,92)(H,82,97)(H,83,96)(H,84,98)(H,85,102)(H,86,103)(H,87,104)(H,88,99)(H,89,100)(H,90,101)(H,91,105)(H,93,94)/t50-,51-,52-,53-,54-,55-,56-,57-,58-,59-,60-/m0/s1. The van der Waals surface area contributed by atoms with Gasteiger partial charge in [-0.25, -0.2) is 0 Å². The Hall–Kier alpha value is -7.13. The Morgan fingerprint density at radius 1 is 0.257 bits per heavy atom. The van der Waals surface area contributed by atoms with Crippen LogP contribution in [0.25, 0.3) is 0 Å². The molecule has 0 aromatic rings. The summed E-state index contributed by atoms with van der Waals surface area (Å²) >= 11 is 0. The van der Waals surface area contributed by atoms with Crippen molar-refractivity contribution < 1.29 is 67.4 Å². The average Bonchev–Trinajstić information content (AvgIpc) is 0.865. The van der Waals surface area contributed by atoms with Crippen LogP contribution in [0.4, 0.5) is 0 Å². The lowest BCUT2D eigenvalue weighted by Gasteiger charge is -2.29. The smallest absolute Gasteiger partial charge is 0.303 e. The van der Waals surface area contributed by atoms with Crippen LogP contribution >= 0.6 is 0 Å². The van der Waals surface area contributed by atoms with Crippen molar-refractivity contribution in [2.45, 2.75) is 321 Å². The second-order valence-electron chi connectivity index (χ2n) is 29.5. The molecule has 0 saturated heterocycles. The first kappa shape index (κ1) is 97.9. The highest BCUT2D eigenvalue weighted by Crippen LogP contribution is 2.17. The first-order chi connectivity index (χ1) is 49.8. The second-order valence-corrected chi connectivity index (χ2v) is 29.5. The minimum atomic E-state index is -1.30. The highest BCUT2D eigenvalue weighted by Gasteiger charge is 2.37. The zero-order chi connectivity index (χ0) is 79.4. The van der Waals surface area contributed by atoms with Gasteiger partial charge in [0.25, 0.3) is 0 Å². The largest absolute Gasteiger partial charge is 0.481 e. The van der Waals surface area contributed by atoms with E-state index in [0.29, 0.717) is 90.0 Å². The molecular weight excluding hydrogens is 1350 g/mol. The van der Waals surface area contributed by atoms with Crippen LogP contribution in [0.1, 0.15) is 255 Å². The van der Waals surface area contributed by atoms with Gasteiger partial charge >= 0.3 is 5.97 Å². The number of carboxylic acid groups (broad SMARTS) is 1. The van der Waals surface area contributed by atoms with E-state index in [1.165, 1.54) is 0 Å². The quantitative estimate of drug-likeness (QED) is 0.0378. The summed E-state index contributed by atoms with van der Waals surface area (Å²) in [5.74, 6) is -10.4. The first-order valence-electron chi connectivity index (χ1n) is 38.9. The van der Waals surface area contributed by atoms with Gasteiger partial charge in [-0.2, -0.15) is 0 Å². The van der Waals surface area contributed by atoms with Crippen LogP contribution in [0.15, 0.2) is 0 Å². The van der Waals surface area contributed by atoms with Crippen molar-refractivity contribution in [3.05, 3.63) is 0 Å². The number of nitrogens with one attached hydrogen (secondary N) is 11. The molecule has 0 rings (SSSR count). The van der Waals surface area contributed by atoms with E-state index in [4.69, 9.17) is 40.1 Å². The number of nitrogens with two attached hydrogens (primary N) is 7. The van der Waals surface area contributed by atoms with E-state index in [1.54, 1.807) is 0 Å². The van der Waals surface area contributed by atoms with E-state index in [0.717, 1.165) is 25.7 Å². The summed E-state index contributed by atoms with van der Waals surface area (Å²) in [6.07, 6.45) is 9.76. The Bertz CT molecular complexity index is 2580. The average molecular weight is 1490 g/mol. The van der Waals surface area contributed by atoms with Crippen molar-refractivity contribution in [2.24, 2.45) is 63.8 Å². The van der Waals surface area contributed by atoms with Gasteiger partial charge in [0, 0.05) is 12.8 Å². The lowest BCUT2D eigenvalue weighted by molar-refractivity contribution is -0.138. The van der Waals surface area contributed by atoms with E-state index in [2.05, 4.69) is 65.4 Å². The number of carboxylic acids is 1. The van der Waals surface area contributed by atoms with E-state index in [1.807, 2.05) is 55.4 Å². The number of amides is 12. The number of hydrogen-bond donors (Lipinski definition) is 19. The number of carbonyl (C=O) groups is 13. The number of unbranched alkanes of at least 4 members (excludes halogenated alkanes) is 10. The number of rotatable bonds is 63. The molecule has 606 valence electrons. The van der Waals surface area contributed by atoms with Gasteiger partial charge < -0.3 is 104 Å². The van der Waals surface area contributed by atoms with Crippen molar-refractivity contribution in [3.8, 4) is 0 Å². The van der Waals surface area contributed by atoms with Crippen LogP contribution in [0.2, 0.25) is 0 Å². The number of hydrogen-bond acceptors (Lipinski definition) is 19. The molecule has 0 aliphatic heterocycles. The molecule has 0 aliphatic carbocycles. The van der Waals surface area contributed by atoms with Gasteiger partial charge in [0.15, 0.2) is 0 Å². The van der Waals surface area contributed by atoms with Gasteiger partial charge in [0.05, 0.1) is 0 Å². The Morgan fingerprint density at radius 2 is 0.467 bits per heavy atom. The van der Waals surface area contributed by atoms with Crippen LogP contribution in [-0.4, -0.2) is 188 Å². The van der Waals surface area contributed by atoms with Crippen molar-refractivity contribution in [2.75, 3.05) is 39.3 Å². The molecule has 0 fully saturated rings. The molecule has 32 heteroatoms. The maximum Gasteiger partial charge on any atom is 0.303 e. The third-order valence-electron chi connectivity index (χ3n) is 17.7. The Kier molecular flexibility index (Phi) is 54.1. The SMILES string of the molecule is CCCCCCCC(=O)N[C@@H](CCC(=O)O)C(=O)N[C@@H](CCCCN)C(=O)N[C@@H](CCCCN)C(=O)N[C@@H](CC(C)C)C(=O)N[C@@H](CC(C)C)C(=O)N[C@@H](CCCCN)C(=O)N[C@@H](CCCCN)C(=O)N[C@@H](CC(C)C)C(=O)N[C@@H](CCCCN)C(=O)N[C@@H](CCCCN)C(=O)N[C@@H](CC(C)C)C(N)=O. The van der Waals surface area contributed by atoms with Crippen molar-refractivity contribution >= 4 is 76.9 Å². The fourth-order valence-corrected chi connectivity index (χ4v) is 11.8. The molecule has 12 amide bonds. The normalized spacial score (nSPS) is 14.6. The Morgan fingerprint density at radius 3 is 0.686 bits per heavy atom. The summed E-state index contributed by atoms with van der Waals surface area (Å²) in [4.78, 5) is 181. The van der Waals surface area contributed by atoms with E-state index in [-0.39, 0.29) is 133 Å². The highest BCUT2D eigenvalue weighted by molar-refractivity contribution is 5.99. The van der Waals surface area contributed by atoms with Crippen LogP contribution in [-0.2, 0) is 62.3 Å².